The van der Waals surface area contributed by atoms with Crippen LogP contribution in [0.2, 0.25) is 0 Å². The minimum atomic E-state index is -1.30. The lowest BCUT2D eigenvalue weighted by Crippen LogP contribution is -2.02. The first-order valence-corrected chi connectivity index (χ1v) is 10.5. The van der Waals surface area contributed by atoms with Gasteiger partial charge in [0.25, 0.3) is 0 Å². The van der Waals surface area contributed by atoms with E-state index in [0.29, 0.717) is 11.1 Å². The van der Waals surface area contributed by atoms with Crippen LogP contribution >= 0.6 is 0 Å². The predicted octanol–water partition coefficient (Wildman–Crippen LogP) is 8.44. The van der Waals surface area contributed by atoms with Crippen molar-refractivity contribution in [3.8, 4) is 22.6 Å². The smallest absolute Gasteiger partial charge is 0.201 e. The van der Waals surface area contributed by atoms with E-state index in [1.54, 1.807) is 6.08 Å². The summed E-state index contributed by atoms with van der Waals surface area (Å²) in [7, 11) is 1.15. The first kappa shape index (κ1) is 29.8. The van der Waals surface area contributed by atoms with Crippen molar-refractivity contribution in [2.75, 3.05) is 13.7 Å². The van der Waals surface area contributed by atoms with Gasteiger partial charge in [-0.2, -0.15) is 8.78 Å². The van der Waals surface area contributed by atoms with Crippen LogP contribution in [0.5, 0.6) is 11.5 Å². The molecule has 0 amide bonds. The summed E-state index contributed by atoms with van der Waals surface area (Å²) in [6.45, 7) is 19.0. The summed E-state index contributed by atoms with van der Waals surface area (Å²) >= 11 is 0. The van der Waals surface area contributed by atoms with Crippen LogP contribution in [0.4, 0.5) is 17.6 Å². The minimum absolute atomic E-state index is 0.00161. The highest BCUT2D eigenvalue weighted by Crippen LogP contribution is 2.31. The van der Waals surface area contributed by atoms with Crippen LogP contribution in [0.25, 0.3) is 11.1 Å². The fourth-order valence-corrected chi connectivity index (χ4v) is 2.53. The molecule has 0 saturated heterocycles. The van der Waals surface area contributed by atoms with Crippen molar-refractivity contribution in [2.24, 2.45) is 0 Å². The third kappa shape index (κ3) is 8.20. The number of phenols is 1. The van der Waals surface area contributed by atoms with Crippen molar-refractivity contribution in [1.29, 1.82) is 0 Å². The van der Waals surface area contributed by atoms with Crippen molar-refractivity contribution in [1.82, 2.24) is 0 Å². The molecule has 190 valence electrons. The van der Waals surface area contributed by atoms with E-state index in [2.05, 4.69) is 37.6 Å². The Labute approximate surface area is 209 Å². The van der Waals surface area contributed by atoms with Crippen LogP contribution in [-0.2, 0) is 4.74 Å². The summed E-state index contributed by atoms with van der Waals surface area (Å²) < 4.78 is 66.6. The lowest BCUT2D eigenvalue weighted by atomic mass is 10.0. The highest BCUT2D eigenvalue weighted by molar-refractivity contribution is 5.66. The average molecular weight is 501 g/mol. The minimum Gasteiger partial charge on any atom is -0.508 e. The zero-order valence-corrected chi connectivity index (χ0v) is 20.2. The molecule has 0 aromatic heterocycles. The number of benzene rings is 2. The van der Waals surface area contributed by atoms with E-state index in [-0.39, 0.29) is 34.8 Å². The van der Waals surface area contributed by atoms with Gasteiger partial charge < -0.3 is 14.6 Å². The number of hydrogen-bond donors (Lipinski definition) is 1. The summed E-state index contributed by atoms with van der Waals surface area (Å²) in [5.41, 5.74) is 0.426. The van der Waals surface area contributed by atoms with E-state index in [1.807, 2.05) is 6.92 Å². The van der Waals surface area contributed by atoms with Crippen LogP contribution in [0.1, 0.15) is 6.92 Å². The molecule has 2 aromatic rings. The summed E-state index contributed by atoms with van der Waals surface area (Å²) in [4.78, 5) is 0. The molecular weight excluding hydrogens is 472 g/mol. The lowest BCUT2D eigenvalue weighted by Gasteiger charge is -2.11. The van der Waals surface area contributed by atoms with E-state index < -0.39 is 29.0 Å². The number of methoxy groups -OCH3 is 1. The number of phenolic OH excluding ortho intramolecular Hbond substituents is 1. The second-order valence-corrected chi connectivity index (χ2v) is 7.23. The van der Waals surface area contributed by atoms with Gasteiger partial charge in [-0.3, -0.25) is 0 Å². The summed E-state index contributed by atoms with van der Waals surface area (Å²) in [6, 6.07) is 8.25. The second-order valence-electron chi connectivity index (χ2n) is 7.23. The SMILES string of the molecule is C=C(/C=C\C(=C)C(=C)/C(F)=C(/F)C(=C)OC)COc1ccc(-c2ccc(O)cc2)c(F)c1F.C=CC. The number of ether oxygens (including phenoxy) is 2. The van der Waals surface area contributed by atoms with Crippen LogP contribution < -0.4 is 4.74 Å². The third-order valence-electron chi connectivity index (χ3n) is 4.49. The summed E-state index contributed by atoms with van der Waals surface area (Å²) in [6.07, 6.45) is 4.46. The molecule has 36 heavy (non-hydrogen) atoms. The molecule has 0 spiro atoms. The van der Waals surface area contributed by atoms with Gasteiger partial charge in [0.15, 0.2) is 17.4 Å². The van der Waals surface area contributed by atoms with Gasteiger partial charge in [0.05, 0.1) is 7.11 Å². The molecule has 0 aliphatic rings. The second kappa shape index (κ2) is 14.2. The molecule has 1 N–H and O–H groups in total. The maximum Gasteiger partial charge on any atom is 0.201 e. The molecule has 2 rings (SSSR count). The maximum atomic E-state index is 14.5. The molecule has 0 atom stereocenters. The molecule has 0 saturated carbocycles. The van der Waals surface area contributed by atoms with E-state index in [9.17, 15) is 22.7 Å². The van der Waals surface area contributed by atoms with Crippen molar-refractivity contribution in [2.45, 2.75) is 6.92 Å². The monoisotopic (exact) mass is 500 g/mol. The molecule has 7 heteroatoms. The Bertz CT molecular complexity index is 1210. The Morgan fingerprint density at radius 1 is 0.917 bits per heavy atom. The number of hydrogen-bond acceptors (Lipinski definition) is 3. The van der Waals surface area contributed by atoms with Crippen LogP contribution in [0.3, 0.4) is 0 Å². The van der Waals surface area contributed by atoms with Crippen LogP contribution in [0.15, 0.2) is 122 Å². The number of allylic oxidation sites excluding steroid dienone is 6. The summed E-state index contributed by atoms with van der Waals surface area (Å²) in [5, 5.41) is 9.33. The summed E-state index contributed by atoms with van der Waals surface area (Å²) in [5.74, 6) is -5.68. The standard InChI is InChI=1S/C26H22F4O3.C3H6/c1-15(6-7-16(2)17(3)23(27)24(28)18(4)32-5)14-33-22-13-12-21(25(29)26(22)30)19-8-10-20(31)11-9-19;1-3-2/h6-13,31H,1-4,14H2,5H3;3H,1H2,2H3/b7-6-,24-23-;. The van der Waals surface area contributed by atoms with Gasteiger partial charge >= 0.3 is 0 Å². The van der Waals surface area contributed by atoms with E-state index in [4.69, 9.17) is 4.74 Å². The molecule has 0 heterocycles. The first-order chi connectivity index (χ1) is 17.0. The van der Waals surface area contributed by atoms with E-state index in [0.717, 1.165) is 7.11 Å². The molecule has 0 bridgehead atoms. The fraction of sp³-hybridized carbons (Fsp3) is 0.103. The van der Waals surface area contributed by atoms with Crippen LogP contribution in [-0.4, -0.2) is 18.8 Å². The van der Waals surface area contributed by atoms with Crippen molar-refractivity contribution in [3.05, 3.63) is 133 Å². The average Bonchev–Trinajstić information content (AvgIpc) is 2.87. The van der Waals surface area contributed by atoms with Crippen molar-refractivity contribution < 1.29 is 32.1 Å². The van der Waals surface area contributed by atoms with Gasteiger partial charge in [0, 0.05) is 11.1 Å². The molecule has 3 nitrogen and oxygen atoms in total. The van der Waals surface area contributed by atoms with Gasteiger partial charge in [-0.1, -0.05) is 56.7 Å². The molecule has 0 fully saturated rings. The molecule has 0 unspecified atom stereocenters. The molecule has 2 aromatic carbocycles. The van der Waals surface area contributed by atoms with E-state index in [1.165, 1.54) is 48.6 Å². The maximum absolute atomic E-state index is 14.5. The number of aromatic hydroxyl groups is 1. The van der Waals surface area contributed by atoms with Crippen molar-refractivity contribution >= 4 is 0 Å². The van der Waals surface area contributed by atoms with Gasteiger partial charge in [0.1, 0.15) is 18.1 Å². The Morgan fingerprint density at radius 2 is 1.50 bits per heavy atom. The molecular formula is C29H28F4O3. The lowest BCUT2D eigenvalue weighted by molar-refractivity contribution is 0.281. The Balaban J connectivity index is 0.00000205. The zero-order valence-electron chi connectivity index (χ0n) is 20.2. The van der Waals surface area contributed by atoms with Crippen molar-refractivity contribution in [3.63, 3.8) is 0 Å². The largest absolute Gasteiger partial charge is 0.508 e. The van der Waals surface area contributed by atoms with Crippen LogP contribution in [0, 0.1) is 11.6 Å². The quantitative estimate of drug-likeness (QED) is 0.154. The van der Waals surface area contributed by atoms with Gasteiger partial charge in [-0.25, -0.2) is 8.78 Å². The Kier molecular flexibility index (Phi) is 11.8. The number of rotatable bonds is 10. The Morgan fingerprint density at radius 3 is 2.06 bits per heavy atom. The Hall–Kier alpha value is -4.26. The third-order valence-corrected chi connectivity index (χ3v) is 4.49. The normalized spacial score (nSPS) is 11.1. The predicted molar refractivity (Wildman–Crippen MR) is 137 cm³/mol. The topological polar surface area (TPSA) is 38.7 Å². The van der Waals surface area contributed by atoms with Gasteiger partial charge in [0.2, 0.25) is 11.6 Å². The number of halogens is 4. The fourth-order valence-electron chi connectivity index (χ4n) is 2.53. The zero-order chi connectivity index (χ0) is 27.4. The molecule has 0 aliphatic heterocycles. The molecule has 0 radical (unpaired) electrons. The van der Waals surface area contributed by atoms with Gasteiger partial charge in [-0.05, 0) is 47.9 Å². The van der Waals surface area contributed by atoms with E-state index >= 15 is 0 Å². The molecule has 0 aliphatic carbocycles. The first-order valence-electron chi connectivity index (χ1n) is 10.5. The highest BCUT2D eigenvalue weighted by atomic mass is 19.2. The highest BCUT2D eigenvalue weighted by Gasteiger charge is 2.17. The van der Waals surface area contributed by atoms with Gasteiger partial charge in [-0.15, -0.1) is 6.58 Å².